The molecule has 0 bridgehead atoms. The predicted octanol–water partition coefficient (Wildman–Crippen LogP) is -0.166. The molecule has 2 N–H and O–H groups in total. The van der Waals surface area contributed by atoms with Gasteiger partial charge in [0.05, 0.1) is 0 Å². The Kier molecular flexibility index (Phi) is 5.41. The van der Waals surface area contributed by atoms with Gasteiger partial charge in [-0.2, -0.15) is 0 Å². The molecule has 0 aromatic heterocycles. The van der Waals surface area contributed by atoms with Crippen molar-refractivity contribution < 1.29 is 25.3 Å². The van der Waals surface area contributed by atoms with E-state index in [0.717, 1.165) is 52.9 Å². The number of ketones is 1. The number of carbonyl (C=O) groups excluding carboxylic acids is 4. The zero-order valence-corrected chi connectivity index (χ0v) is 11.6. The molecule has 0 saturated carbocycles. The van der Waals surface area contributed by atoms with Crippen LogP contribution in [0.5, 0.6) is 0 Å². The largest absolute Gasteiger partial charge is 0.393 e. The third-order valence-corrected chi connectivity index (χ3v) is 2.45. The first kappa shape index (κ1) is 14.5. The van der Waals surface area contributed by atoms with E-state index in [9.17, 15) is 19.2 Å². The Bertz CT molecular complexity index is 296. The monoisotopic (exact) mass is 441 g/mol. The summed E-state index contributed by atoms with van der Waals surface area (Å²) < 4.78 is 8.33. The number of rotatable bonds is 4. The van der Waals surface area contributed by atoms with Gasteiger partial charge in [0.2, 0.25) is 0 Å². The summed E-state index contributed by atoms with van der Waals surface area (Å²) in [5, 5.41) is 0. The normalized spacial score (nSPS) is 10.3. The molecule has 0 atom stereocenters. The van der Waals surface area contributed by atoms with Crippen molar-refractivity contribution >= 4 is 69.6 Å². The third-order valence-electron chi connectivity index (χ3n) is 1.65. The van der Waals surface area contributed by atoms with Gasteiger partial charge in [-0.05, 0) is 6.92 Å². The topological polar surface area (TPSA) is 113 Å². The van der Waals surface area contributed by atoms with E-state index in [1.807, 2.05) is 0 Å². The number of primary amides is 1. The first-order valence-corrected chi connectivity index (χ1v) is 5.08. The lowest BCUT2D eigenvalue weighted by Gasteiger charge is -2.19. The number of hydrogen-bond donors (Lipinski definition) is 1. The van der Waals surface area contributed by atoms with Gasteiger partial charge in [0.15, 0.2) is 51.8 Å². The molecule has 0 fully saturated rings. The molecule has 84 valence electrons. The number of hydrogen-bond acceptors (Lipinski definition) is 6. The van der Waals surface area contributed by atoms with Crippen LogP contribution < -0.4 is 5.73 Å². The van der Waals surface area contributed by atoms with Crippen molar-refractivity contribution in [1.82, 2.24) is 0 Å². The molecular weight excluding hydrogens is 436 g/mol. The molecule has 0 aromatic carbocycles. The second kappa shape index (κ2) is 5.58. The molecule has 1 amide bonds. The van der Waals surface area contributed by atoms with E-state index in [-0.39, 0.29) is 0 Å². The summed E-state index contributed by atoms with van der Waals surface area (Å²) in [7, 11) is 0. The maximum absolute atomic E-state index is 11.3. The molecule has 15 heavy (non-hydrogen) atoms. The van der Waals surface area contributed by atoms with Gasteiger partial charge < -0.3 is 11.9 Å². The Morgan fingerprint density at radius 2 is 1.40 bits per heavy atom. The van der Waals surface area contributed by atoms with Crippen molar-refractivity contribution in [3.63, 3.8) is 0 Å². The van der Waals surface area contributed by atoms with Gasteiger partial charge in [-0.15, -0.1) is 0 Å². The number of carbonyl (C=O) groups is 4. The average Bonchev–Trinajstić information content (AvgIpc) is 2.16. The summed E-state index contributed by atoms with van der Waals surface area (Å²) in [5.41, 5.74) is 2.14. The highest BCUT2D eigenvalue weighted by Gasteiger charge is 2.59. The zero-order chi connectivity index (χ0) is 12.2. The molecule has 0 unspecified atom stereocenters. The Labute approximate surface area is 112 Å². The van der Waals surface area contributed by atoms with Gasteiger partial charge in [0.1, 0.15) is 0 Å². The molecule has 9 heteroatoms. The van der Waals surface area contributed by atoms with Crippen LogP contribution in [0.1, 0.15) is 6.92 Å². The zero-order valence-electron chi connectivity index (χ0n) is 7.28. The van der Waals surface area contributed by atoms with E-state index >= 15 is 0 Å². The fourth-order valence-electron chi connectivity index (χ4n) is 0.861. The van der Waals surface area contributed by atoms with Crippen LogP contribution in [0.3, 0.4) is 0 Å². The number of amides is 1. The van der Waals surface area contributed by atoms with E-state index in [0.29, 0.717) is 0 Å². The van der Waals surface area contributed by atoms with Crippen LogP contribution in [0.2, 0.25) is 0 Å². The summed E-state index contributed by atoms with van der Waals surface area (Å²) in [6, 6.07) is 0. The molecule has 7 nitrogen and oxygen atoms in total. The minimum Gasteiger partial charge on any atom is -0.393 e. The third kappa shape index (κ3) is 2.38. The van der Waals surface area contributed by atoms with Crippen LogP contribution in [0.25, 0.3) is 0 Å². The molecule has 0 radical (unpaired) electrons. The van der Waals surface area contributed by atoms with Crippen LogP contribution in [0.15, 0.2) is 0 Å². The fraction of sp³-hybridized carbons (Fsp3) is 0.333. The maximum atomic E-state index is 11.3. The lowest BCUT2D eigenvalue weighted by molar-refractivity contribution is -0.164. The summed E-state index contributed by atoms with van der Waals surface area (Å²) in [6.45, 7) is 0.867. The number of Topliss-reactive ketones (excluding diaryl/α,β-unsaturated/α-hetero) is 1. The van der Waals surface area contributed by atoms with Gasteiger partial charge in [-0.1, -0.05) is 0 Å². The van der Waals surface area contributed by atoms with Crippen molar-refractivity contribution in [2.45, 2.75) is 6.92 Å². The van der Waals surface area contributed by atoms with Gasteiger partial charge >= 0.3 is 17.4 Å². The molecule has 0 aliphatic heterocycles. The van der Waals surface area contributed by atoms with E-state index in [2.05, 4.69) is 6.13 Å². The highest BCUT2D eigenvalue weighted by Crippen LogP contribution is 2.25. The SMILES string of the molecule is CC(=O)C(C(N)=O)(C(=O)OI)C(=O)OI. The predicted molar refractivity (Wildman–Crippen MR) is 62.5 cm³/mol. The van der Waals surface area contributed by atoms with E-state index in [4.69, 9.17) is 5.73 Å². The highest BCUT2D eigenvalue weighted by molar-refractivity contribution is 14.1. The van der Waals surface area contributed by atoms with Crippen LogP contribution in [0, 0.1) is 5.41 Å². The number of nitrogens with two attached hydrogens (primary N) is 1. The summed E-state index contributed by atoms with van der Waals surface area (Å²) in [6.07, 6.45) is 0. The van der Waals surface area contributed by atoms with Crippen molar-refractivity contribution in [3.8, 4) is 0 Å². The smallest absolute Gasteiger partial charge is 0.350 e. The molecule has 0 saturated heterocycles. The van der Waals surface area contributed by atoms with Crippen LogP contribution in [-0.2, 0) is 25.3 Å². The Hall–Kier alpha value is -0.460. The molecular formula is C6H5I2NO6. The summed E-state index contributed by atoms with van der Waals surface area (Å²) in [4.78, 5) is 44.8. The highest BCUT2D eigenvalue weighted by atomic mass is 127. The minimum atomic E-state index is -2.72. The summed E-state index contributed by atoms with van der Waals surface area (Å²) in [5.74, 6) is -5.23. The Balaban J connectivity index is 5.70. The van der Waals surface area contributed by atoms with Crippen LogP contribution in [-0.4, -0.2) is 23.6 Å². The van der Waals surface area contributed by atoms with Gasteiger partial charge in [-0.3, -0.25) is 9.59 Å². The molecule has 0 aromatic rings. The van der Waals surface area contributed by atoms with E-state index in [1.54, 1.807) is 0 Å². The van der Waals surface area contributed by atoms with Gasteiger partial charge in [0.25, 0.3) is 5.91 Å². The van der Waals surface area contributed by atoms with Crippen molar-refractivity contribution in [2.24, 2.45) is 11.1 Å². The van der Waals surface area contributed by atoms with Crippen LogP contribution in [0.4, 0.5) is 0 Å². The molecule has 0 aliphatic rings. The number of halogens is 2. The first-order chi connectivity index (χ1) is 6.85. The molecule has 0 heterocycles. The van der Waals surface area contributed by atoms with E-state index in [1.165, 1.54) is 0 Å². The van der Waals surface area contributed by atoms with Gasteiger partial charge in [-0.25, -0.2) is 9.59 Å². The quantitative estimate of drug-likeness (QED) is 0.480. The Morgan fingerprint density at radius 1 is 1.07 bits per heavy atom. The van der Waals surface area contributed by atoms with Gasteiger partial charge in [0, 0.05) is 0 Å². The van der Waals surface area contributed by atoms with Crippen molar-refractivity contribution in [2.75, 3.05) is 0 Å². The standard InChI is InChI=1S/C6H5I2NO6/c1-2(10)6(3(9)11,4(12)14-7)5(13)15-8/h1H3,(H2,9,11). The lowest BCUT2D eigenvalue weighted by atomic mass is 9.83. The minimum absolute atomic E-state index is 0.867. The second-order valence-corrected chi connectivity index (χ2v) is 3.28. The van der Waals surface area contributed by atoms with Crippen LogP contribution >= 0.6 is 46.0 Å². The van der Waals surface area contributed by atoms with E-state index < -0.39 is 29.0 Å². The first-order valence-electron chi connectivity index (χ1n) is 3.32. The van der Waals surface area contributed by atoms with Crippen molar-refractivity contribution in [3.05, 3.63) is 0 Å². The maximum Gasteiger partial charge on any atom is 0.350 e. The van der Waals surface area contributed by atoms with Crippen molar-refractivity contribution in [1.29, 1.82) is 0 Å². The lowest BCUT2D eigenvalue weighted by Crippen LogP contribution is -2.55. The Morgan fingerprint density at radius 3 is 1.53 bits per heavy atom. The molecule has 0 rings (SSSR count). The second-order valence-electron chi connectivity index (χ2n) is 2.40. The fourth-order valence-corrected chi connectivity index (χ4v) is 1.52. The average molecular weight is 441 g/mol. The molecule has 0 aliphatic carbocycles. The molecule has 0 spiro atoms. The summed E-state index contributed by atoms with van der Waals surface area (Å²) >= 11 is 2.27.